The first-order valence-corrected chi connectivity index (χ1v) is 6.07. The lowest BCUT2D eigenvalue weighted by molar-refractivity contribution is -0.144. The van der Waals surface area contributed by atoms with E-state index in [1.54, 1.807) is 31.2 Å². The standard InChI is InChI=1S/C15H17NO3/c1-4-10(2)19-15(18)11(3)14(17)13-7-5-12(9-16)6-8-13/h5-8,10,14,17H,3-4H2,1-2H3. The number of aliphatic hydroxyl groups is 1. The molecule has 4 nitrogen and oxygen atoms in total. The second kappa shape index (κ2) is 6.72. The second-order valence-electron chi connectivity index (χ2n) is 4.29. The molecule has 0 aliphatic rings. The third kappa shape index (κ3) is 3.94. The van der Waals surface area contributed by atoms with E-state index in [9.17, 15) is 9.90 Å². The van der Waals surface area contributed by atoms with E-state index in [0.29, 0.717) is 17.5 Å². The van der Waals surface area contributed by atoms with Crippen molar-refractivity contribution in [2.24, 2.45) is 0 Å². The van der Waals surface area contributed by atoms with Crippen LogP contribution in [-0.2, 0) is 9.53 Å². The van der Waals surface area contributed by atoms with Crippen molar-refractivity contribution in [3.05, 3.63) is 47.5 Å². The number of nitrogens with zero attached hydrogens (tertiary/aromatic N) is 1. The molecule has 4 heteroatoms. The van der Waals surface area contributed by atoms with Gasteiger partial charge in [-0.2, -0.15) is 5.26 Å². The van der Waals surface area contributed by atoms with Gasteiger partial charge in [-0.1, -0.05) is 25.6 Å². The molecule has 0 spiro atoms. The Labute approximate surface area is 112 Å². The summed E-state index contributed by atoms with van der Waals surface area (Å²) in [5, 5.41) is 18.7. The lowest BCUT2D eigenvalue weighted by Crippen LogP contribution is -2.19. The number of esters is 1. The zero-order chi connectivity index (χ0) is 14.4. The molecule has 0 aromatic heterocycles. The molecule has 100 valence electrons. The number of ether oxygens (including phenoxy) is 1. The summed E-state index contributed by atoms with van der Waals surface area (Å²) in [6, 6.07) is 8.31. The van der Waals surface area contributed by atoms with E-state index in [0.717, 1.165) is 0 Å². The Morgan fingerprint density at radius 1 is 1.47 bits per heavy atom. The highest BCUT2D eigenvalue weighted by Gasteiger charge is 2.21. The average molecular weight is 259 g/mol. The predicted molar refractivity (Wildman–Crippen MR) is 71.1 cm³/mol. The maximum Gasteiger partial charge on any atom is 0.336 e. The van der Waals surface area contributed by atoms with Crippen LogP contribution in [0.2, 0.25) is 0 Å². The minimum absolute atomic E-state index is 0.00925. The molecule has 1 N–H and O–H groups in total. The maximum atomic E-state index is 11.7. The van der Waals surface area contributed by atoms with E-state index in [1.807, 2.05) is 13.0 Å². The fourth-order valence-electron chi connectivity index (χ4n) is 1.39. The first-order valence-electron chi connectivity index (χ1n) is 6.07. The number of hydrogen-bond acceptors (Lipinski definition) is 4. The Morgan fingerprint density at radius 2 is 2.05 bits per heavy atom. The fourth-order valence-corrected chi connectivity index (χ4v) is 1.39. The summed E-state index contributed by atoms with van der Waals surface area (Å²) in [5.41, 5.74) is 0.985. The Kier molecular flexibility index (Phi) is 5.28. The van der Waals surface area contributed by atoms with Gasteiger partial charge >= 0.3 is 5.97 Å². The van der Waals surface area contributed by atoms with Crippen LogP contribution in [-0.4, -0.2) is 17.2 Å². The van der Waals surface area contributed by atoms with E-state index in [1.165, 1.54) is 0 Å². The molecule has 0 saturated carbocycles. The topological polar surface area (TPSA) is 70.3 Å². The Hall–Kier alpha value is -2.12. The minimum atomic E-state index is -1.12. The normalized spacial score (nSPS) is 13.2. The van der Waals surface area contributed by atoms with Gasteiger partial charge in [-0.3, -0.25) is 0 Å². The molecule has 0 radical (unpaired) electrons. The molecule has 0 aliphatic heterocycles. The molecule has 2 atom stereocenters. The number of carbonyl (C=O) groups excluding carboxylic acids is 1. The number of carbonyl (C=O) groups is 1. The van der Waals surface area contributed by atoms with Crippen LogP contribution in [0.15, 0.2) is 36.4 Å². The minimum Gasteiger partial charge on any atom is -0.459 e. The van der Waals surface area contributed by atoms with Gasteiger partial charge in [-0.05, 0) is 31.0 Å². The van der Waals surface area contributed by atoms with Crippen molar-refractivity contribution in [1.82, 2.24) is 0 Å². The van der Waals surface area contributed by atoms with Crippen molar-refractivity contribution in [2.45, 2.75) is 32.5 Å². The van der Waals surface area contributed by atoms with Crippen LogP contribution >= 0.6 is 0 Å². The van der Waals surface area contributed by atoms with Crippen LogP contribution in [0.1, 0.15) is 37.5 Å². The molecular weight excluding hydrogens is 242 g/mol. The van der Waals surface area contributed by atoms with Gasteiger partial charge < -0.3 is 9.84 Å². The van der Waals surface area contributed by atoms with Crippen molar-refractivity contribution >= 4 is 5.97 Å². The molecule has 1 rings (SSSR count). The average Bonchev–Trinajstić information content (AvgIpc) is 2.45. The van der Waals surface area contributed by atoms with Crippen molar-refractivity contribution in [3.63, 3.8) is 0 Å². The highest BCUT2D eigenvalue weighted by Crippen LogP contribution is 2.22. The first kappa shape index (κ1) is 14.9. The zero-order valence-electron chi connectivity index (χ0n) is 11.1. The number of rotatable bonds is 5. The Morgan fingerprint density at radius 3 is 2.53 bits per heavy atom. The van der Waals surface area contributed by atoms with Crippen molar-refractivity contribution in [2.75, 3.05) is 0 Å². The van der Waals surface area contributed by atoms with Crippen molar-refractivity contribution in [3.8, 4) is 6.07 Å². The van der Waals surface area contributed by atoms with Gasteiger partial charge in [0.1, 0.15) is 6.10 Å². The number of benzene rings is 1. The summed E-state index contributed by atoms with van der Waals surface area (Å²) in [6.45, 7) is 7.25. The third-order valence-electron chi connectivity index (χ3n) is 2.83. The number of aliphatic hydroxyl groups excluding tert-OH is 1. The van der Waals surface area contributed by atoms with E-state index < -0.39 is 12.1 Å². The van der Waals surface area contributed by atoms with Crippen molar-refractivity contribution < 1.29 is 14.6 Å². The second-order valence-corrected chi connectivity index (χ2v) is 4.29. The van der Waals surface area contributed by atoms with Gasteiger partial charge in [-0.25, -0.2) is 4.79 Å². The summed E-state index contributed by atoms with van der Waals surface area (Å²) in [5.74, 6) is -0.605. The van der Waals surface area contributed by atoms with E-state index >= 15 is 0 Å². The number of nitriles is 1. The molecule has 0 fully saturated rings. The molecule has 0 heterocycles. The van der Waals surface area contributed by atoms with E-state index in [4.69, 9.17) is 10.00 Å². The van der Waals surface area contributed by atoms with Gasteiger partial charge in [0, 0.05) is 0 Å². The smallest absolute Gasteiger partial charge is 0.336 e. The summed E-state index contributed by atoms with van der Waals surface area (Å²) in [7, 11) is 0. The summed E-state index contributed by atoms with van der Waals surface area (Å²) in [4.78, 5) is 11.7. The fraction of sp³-hybridized carbons (Fsp3) is 0.333. The molecule has 1 aromatic rings. The van der Waals surface area contributed by atoms with Gasteiger partial charge in [0.15, 0.2) is 0 Å². The van der Waals surface area contributed by atoms with Gasteiger partial charge in [0.05, 0.1) is 23.3 Å². The molecule has 0 saturated heterocycles. The van der Waals surface area contributed by atoms with E-state index in [2.05, 4.69) is 6.58 Å². The SMILES string of the molecule is C=C(C(=O)OC(C)CC)C(O)c1ccc(C#N)cc1. The zero-order valence-corrected chi connectivity index (χ0v) is 11.1. The summed E-state index contributed by atoms with van der Waals surface area (Å²) >= 11 is 0. The van der Waals surface area contributed by atoms with E-state index in [-0.39, 0.29) is 11.7 Å². The van der Waals surface area contributed by atoms with Crippen LogP contribution < -0.4 is 0 Å². The molecule has 0 amide bonds. The van der Waals surface area contributed by atoms with Crippen LogP contribution in [0, 0.1) is 11.3 Å². The molecule has 2 unspecified atom stereocenters. The maximum absolute atomic E-state index is 11.7. The summed E-state index contributed by atoms with van der Waals surface area (Å²) < 4.78 is 5.10. The van der Waals surface area contributed by atoms with Crippen LogP contribution in [0.4, 0.5) is 0 Å². The predicted octanol–water partition coefficient (Wildman–Crippen LogP) is 2.49. The molecule has 1 aromatic carbocycles. The molecule has 0 aliphatic carbocycles. The lowest BCUT2D eigenvalue weighted by Gasteiger charge is -2.16. The Bertz CT molecular complexity index is 499. The highest BCUT2D eigenvalue weighted by atomic mass is 16.5. The largest absolute Gasteiger partial charge is 0.459 e. The van der Waals surface area contributed by atoms with Gasteiger partial charge in [0.2, 0.25) is 0 Å². The molecule has 0 bridgehead atoms. The molecular formula is C15H17NO3. The third-order valence-corrected chi connectivity index (χ3v) is 2.83. The van der Waals surface area contributed by atoms with Gasteiger partial charge in [-0.15, -0.1) is 0 Å². The van der Waals surface area contributed by atoms with Crippen molar-refractivity contribution in [1.29, 1.82) is 5.26 Å². The first-order chi connectivity index (χ1) is 8.99. The quantitative estimate of drug-likeness (QED) is 0.651. The van der Waals surface area contributed by atoms with Gasteiger partial charge in [0.25, 0.3) is 0 Å². The van der Waals surface area contributed by atoms with Crippen LogP contribution in [0.25, 0.3) is 0 Å². The number of hydrogen-bond donors (Lipinski definition) is 1. The monoisotopic (exact) mass is 259 g/mol. The lowest BCUT2D eigenvalue weighted by atomic mass is 10.0. The van der Waals surface area contributed by atoms with Crippen LogP contribution in [0.5, 0.6) is 0 Å². The highest BCUT2D eigenvalue weighted by molar-refractivity contribution is 5.89. The van der Waals surface area contributed by atoms with Crippen LogP contribution in [0.3, 0.4) is 0 Å². The summed E-state index contributed by atoms with van der Waals surface area (Å²) in [6.07, 6.45) is -0.631. The molecule has 19 heavy (non-hydrogen) atoms. The Balaban J connectivity index is 2.76.